The largest absolute Gasteiger partial charge is 0.346 e. The molecule has 0 radical (unpaired) electrons. The Hall–Kier alpha value is -2.14. The van der Waals surface area contributed by atoms with Crippen LogP contribution in [-0.4, -0.2) is 41.4 Å². The van der Waals surface area contributed by atoms with Crippen LogP contribution >= 0.6 is 0 Å². The molecule has 3 heterocycles. The van der Waals surface area contributed by atoms with Crippen molar-refractivity contribution in [3.63, 3.8) is 0 Å². The fourth-order valence-electron chi connectivity index (χ4n) is 2.88. The normalized spacial score (nSPS) is 19.9. The Morgan fingerprint density at radius 3 is 3.15 bits per heavy atom. The van der Waals surface area contributed by atoms with Gasteiger partial charge in [0.25, 0.3) is 0 Å². The number of rotatable bonds is 3. The van der Waals surface area contributed by atoms with Crippen LogP contribution in [0.4, 0.5) is 5.82 Å². The summed E-state index contributed by atoms with van der Waals surface area (Å²) in [5.74, 6) is 1.04. The molecule has 2 aromatic heterocycles. The molecule has 3 rings (SSSR count). The molecule has 5 heteroatoms. The van der Waals surface area contributed by atoms with Gasteiger partial charge >= 0.3 is 0 Å². The first kappa shape index (κ1) is 12.9. The molecule has 0 saturated heterocycles. The number of carbonyl (C=O) groups is 1. The summed E-state index contributed by atoms with van der Waals surface area (Å²) < 4.78 is 0. The van der Waals surface area contributed by atoms with Gasteiger partial charge in [0.05, 0.1) is 0 Å². The number of nitrogens with zero attached hydrogens (tertiary/aromatic N) is 2. The minimum absolute atomic E-state index is 0.457. The van der Waals surface area contributed by atoms with E-state index < -0.39 is 0 Å². The number of pyridine rings is 1. The number of aromatic nitrogens is 2. The van der Waals surface area contributed by atoms with E-state index in [0.29, 0.717) is 18.1 Å². The predicted octanol–water partition coefficient (Wildman–Crippen LogP) is 2.10. The number of fused-ring (bicyclic) bond motifs is 1. The summed E-state index contributed by atoms with van der Waals surface area (Å²) in [4.78, 5) is 20.5. The summed E-state index contributed by atoms with van der Waals surface area (Å²) in [6.45, 7) is 4.22. The number of likely N-dealkylation sites (N-methyl/N-ethyl adjacent to an activating group) is 1. The van der Waals surface area contributed by atoms with E-state index in [9.17, 15) is 4.79 Å². The third-order valence-electron chi connectivity index (χ3n) is 3.79. The van der Waals surface area contributed by atoms with Crippen LogP contribution in [-0.2, 0) is 4.79 Å². The molecule has 1 amide bonds. The average Bonchev–Trinajstić information content (AvgIpc) is 2.86. The van der Waals surface area contributed by atoms with Crippen molar-refractivity contribution in [2.75, 3.05) is 25.5 Å². The second kappa shape index (κ2) is 5.09. The third-order valence-corrected chi connectivity index (χ3v) is 3.79. The summed E-state index contributed by atoms with van der Waals surface area (Å²) in [5.41, 5.74) is 3.28. The Morgan fingerprint density at radius 1 is 1.55 bits per heavy atom. The minimum atomic E-state index is 0.457. The van der Waals surface area contributed by atoms with Gasteiger partial charge in [-0.1, -0.05) is 13.0 Å². The second-order valence-electron chi connectivity index (χ2n) is 5.34. The predicted molar refractivity (Wildman–Crippen MR) is 80.4 cm³/mol. The van der Waals surface area contributed by atoms with E-state index >= 15 is 0 Å². The molecular formula is C15H18N4O. The molecule has 1 aliphatic heterocycles. The molecule has 5 nitrogen and oxygen atoms in total. The molecule has 2 aromatic rings. The van der Waals surface area contributed by atoms with Gasteiger partial charge in [0, 0.05) is 24.7 Å². The van der Waals surface area contributed by atoms with E-state index in [-0.39, 0.29) is 0 Å². The van der Waals surface area contributed by atoms with Crippen molar-refractivity contribution in [1.29, 1.82) is 0 Å². The summed E-state index contributed by atoms with van der Waals surface area (Å²) in [7, 11) is 2.13. The van der Waals surface area contributed by atoms with Gasteiger partial charge in [-0.3, -0.25) is 4.79 Å². The summed E-state index contributed by atoms with van der Waals surface area (Å²) in [5, 5.41) is 3.74. The monoisotopic (exact) mass is 270 g/mol. The number of carbonyl (C=O) groups excluding carboxylic acids is 1. The molecule has 0 aromatic carbocycles. The zero-order chi connectivity index (χ0) is 14.1. The average molecular weight is 270 g/mol. The van der Waals surface area contributed by atoms with Crippen molar-refractivity contribution in [3.8, 4) is 0 Å². The van der Waals surface area contributed by atoms with Crippen molar-refractivity contribution in [2.24, 2.45) is 5.92 Å². The third kappa shape index (κ3) is 2.20. The van der Waals surface area contributed by atoms with Gasteiger partial charge in [-0.2, -0.15) is 0 Å². The molecule has 0 saturated carbocycles. The van der Waals surface area contributed by atoms with E-state index in [2.05, 4.69) is 40.2 Å². The van der Waals surface area contributed by atoms with E-state index in [1.165, 1.54) is 5.57 Å². The SMILES string of the molecule is CC1CN(C)CC=C1c1cc(NC=O)nc2[nH]ccc12. The number of nitrogens with one attached hydrogen (secondary N) is 2. The Labute approximate surface area is 117 Å². The maximum Gasteiger partial charge on any atom is 0.212 e. The second-order valence-corrected chi connectivity index (χ2v) is 5.34. The molecule has 1 aliphatic rings. The Kier molecular flexibility index (Phi) is 3.28. The van der Waals surface area contributed by atoms with E-state index in [4.69, 9.17) is 0 Å². The van der Waals surface area contributed by atoms with Gasteiger partial charge < -0.3 is 15.2 Å². The molecule has 0 aliphatic carbocycles. The summed E-state index contributed by atoms with van der Waals surface area (Å²) in [6.07, 6.45) is 4.81. The van der Waals surface area contributed by atoms with Crippen LogP contribution in [0.15, 0.2) is 24.4 Å². The van der Waals surface area contributed by atoms with Crippen LogP contribution in [0.2, 0.25) is 0 Å². The Balaban J connectivity index is 2.14. The molecular weight excluding hydrogens is 252 g/mol. The van der Waals surface area contributed by atoms with E-state index in [0.717, 1.165) is 29.7 Å². The highest BCUT2D eigenvalue weighted by Gasteiger charge is 2.20. The summed E-state index contributed by atoms with van der Waals surface area (Å²) in [6, 6.07) is 3.99. The lowest BCUT2D eigenvalue weighted by atomic mass is 9.89. The molecule has 104 valence electrons. The molecule has 20 heavy (non-hydrogen) atoms. The molecule has 1 unspecified atom stereocenters. The fraction of sp³-hybridized carbons (Fsp3) is 0.333. The number of amides is 1. The number of anilines is 1. The smallest absolute Gasteiger partial charge is 0.212 e. The first-order valence-electron chi connectivity index (χ1n) is 6.76. The van der Waals surface area contributed by atoms with Crippen LogP contribution in [0.5, 0.6) is 0 Å². The van der Waals surface area contributed by atoms with Crippen LogP contribution in [0.1, 0.15) is 12.5 Å². The van der Waals surface area contributed by atoms with Crippen LogP contribution in [0.25, 0.3) is 16.6 Å². The molecule has 0 spiro atoms. The highest BCUT2D eigenvalue weighted by Crippen LogP contribution is 2.33. The van der Waals surface area contributed by atoms with Gasteiger partial charge in [-0.25, -0.2) is 4.98 Å². The summed E-state index contributed by atoms with van der Waals surface area (Å²) >= 11 is 0. The Morgan fingerprint density at radius 2 is 2.40 bits per heavy atom. The maximum absolute atomic E-state index is 10.7. The highest BCUT2D eigenvalue weighted by atomic mass is 16.1. The number of hydrogen-bond donors (Lipinski definition) is 2. The first-order chi connectivity index (χ1) is 9.69. The lowest BCUT2D eigenvalue weighted by Gasteiger charge is -2.28. The Bertz CT molecular complexity index is 674. The topological polar surface area (TPSA) is 61.0 Å². The number of H-pyrrole nitrogens is 1. The van der Waals surface area contributed by atoms with Crippen molar-refractivity contribution < 1.29 is 4.79 Å². The van der Waals surface area contributed by atoms with E-state index in [1.807, 2.05) is 18.3 Å². The van der Waals surface area contributed by atoms with Crippen LogP contribution in [0.3, 0.4) is 0 Å². The van der Waals surface area contributed by atoms with Crippen LogP contribution in [0, 0.1) is 5.92 Å². The molecule has 0 bridgehead atoms. The maximum atomic E-state index is 10.7. The van der Waals surface area contributed by atoms with Gasteiger partial charge in [0.1, 0.15) is 11.5 Å². The van der Waals surface area contributed by atoms with Gasteiger partial charge in [0.15, 0.2) is 0 Å². The fourth-order valence-corrected chi connectivity index (χ4v) is 2.88. The highest BCUT2D eigenvalue weighted by molar-refractivity contribution is 5.93. The lowest BCUT2D eigenvalue weighted by Crippen LogP contribution is -2.29. The number of hydrogen-bond acceptors (Lipinski definition) is 3. The van der Waals surface area contributed by atoms with Gasteiger partial charge in [-0.15, -0.1) is 0 Å². The zero-order valence-electron chi connectivity index (χ0n) is 11.7. The van der Waals surface area contributed by atoms with Crippen molar-refractivity contribution >= 4 is 28.8 Å². The van der Waals surface area contributed by atoms with E-state index in [1.54, 1.807) is 0 Å². The molecule has 2 N–H and O–H groups in total. The molecule has 0 fully saturated rings. The quantitative estimate of drug-likeness (QED) is 0.840. The minimum Gasteiger partial charge on any atom is -0.346 e. The van der Waals surface area contributed by atoms with Gasteiger partial charge in [-0.05, 0) is 36.2 Å². The van der Waals surface area contributed by atoms with Crippen LogP contribution < -0.4 is 5.32 Å². The standard InChI is InChI=1S/C15H18N4O/c1-10-8-19(2)6-4-11(10)13-7-14(17-9-20)18-15-12(13)3-5-16-15/h3-5,7,9-10H,6,8H2,1-2H3,(H2,16,17,18,20). The first-order valence-corrected chi connectivity index (χ1v) is 6.76. The van der Waals surface area contributed by atoms with Crippen molar-refractivity contribution in [3.05, 3.63) is 30.0 Å². The van der Waals surface area contributed by atoms with Gasteiger partial charge in [0.2, 0.25) is 6.41 Å². The lowest BCUT2D eigenvalue weighted by molar-refractivity contribution is -0.105. The zero-order valence-corrected chi connectivity index (χ0v) is 11.7. The van der Waals surface area contributed by atoms with Crippen molar-refractivity contribution in [1.82, 2.24) is 14.9 Å². The number of aromatic amines is 1. The van der Waals surface area contributed by atoms with Crippen molar-refractivity contribution in [2.45, 2.75) is 6.92 Å². The molecule has 1 atom stereocenters.